The van der Waals surface area contributed by atoms with Crippen LogP contribution in [-0.2, 0) is 6.42 Å². The van der Waals surface area contributed by atoms with Gasteiger partial charge in [0.25, 0.3) is 0 Å². The summed E-state index contributed by atoms with van der Waals surface area (Å²) in [5.74, 6) is 1.39. The van der Waals surface area contributed by atoms with E-state index < -0.39 is 6.10 Å². The third-order valence-corrected chi connectivity index (χ3v) is 3.71. The molecule has 2 aromatic rings. The number of hydrogen-bond donors (Lipinski definition) is 1. The van der Waals surface area contributed by atoms with Crippen molar-refractivity contribution in [2.24, 2.45) is 0 Å². The maximum Gasteiger partial charge on any atom is 0.122 e. The van der Waals surface area contributed by atoms with Gasteiger partial charge < -0.3 is 14.6 Å². The normalized spacial score (nSPS) is 12.0. The van der Waals surface area contributed by atoms with E-state index in [0.717, 1.165) is 12.0 Å². The molecule has 0 fully saturated rings. The van der Waals surface area contributed by atoms with Crippen molar-refractivity contribution >= 4 is 0 Å². The van der Waals surface area contributed by atoms with E-state index in [1.54, 1.807) is 20.3 Å². The Kier molecular flexibility index (Phi) is 5.23. The highest BCUT2D eigenvalue weighted by atomic mass is 16.5. The van der Waals surface area contributed by atoms with Crippen LogP contribution in [0.15, 0.2) is 42.5 Å². The van der Waals surface area contributed by atoms with Crippen LogP contribution in [0.3, 0.4) is 0 Å². The van der Waals surface area contributed by atoms with E-state index in [9.17, 15) is 5.11 Å². The fraction of sp³-hybridized carbons (Fsp3) is 0.333. The Morgan fingerprint density at radius 2 is 1.62 bits per heavy atom. The molecule has 0 aliphatic heterocycles. The van der Waals surface area contributed by atoms with Crippen LogP contribution in [0.4, 0.5) is 0 Å². The Hall–Kier alpha value is -2.00. The van der Waals surface area contributed by atoms with Crippen molar-refractivity contribution in [3.05, 3.63) is 59.2 Å². The molecule has 112 valence electrons. The van der Waals surface area contributed by atoms with Gasteiger partial charge in [0.1, 0.15) is 11.5 Å². The molecule has 1 N–H and O–H groups in total. The molecule has 0 amide bonds. The summed E-state index contributed by atoms with van der Waals surface area (Å²) in [7, 11) is 3.22. The standard InChI is InChI=1S/C18H22O3/c1-13-6-4-5-7-14(13)8-9-18(19)15-10-16(20-2)12-17(11-15)21-3/h4-7,10-12,18-19H,8-9H2,1-3H3. The summed E-state index contributed by atoms with van der Waals surface area (Å²) in [5, 5.41) is 10.4. The second kappa shape index (κ2) is 7.14. The largest absolute Gasteiger partial charge is 0.497 e. The maximum absolute atomic E-state index is 10.4. The lowest BCUT2D eigenvalue weighted by Gasteiger charge is -2.14. The van der Waals surface area contributed by atoms with Crippen LogP contribution in [0.2, 0.25) is 0 Å². The molecule has 0 spiro atoms. The smallest absolute Gasteiger partial charge is 0.122 e. The highest BCUT2D eigenvalue weighted by molar-refractivity contribution is 5.39. The first kappa shape index (κ1) is 15.4. The van der Waals surface area contributed by atoms with Gasteiger partial charge in [-0.2, -0.15) is 0 Å². The van der Waals surface area contributed by atoms with Gasteiger partial charge in [-0.25, -0.2) is 0 Å². The van der Waals surface area contributed by atoms with Gasteiger partial charge in [0.05, 0.1) is 20.3 Å². The van der Waals surface area contributed by atoms with Crippen molar-refractivity contribution in [3.63, 3.8) is 0 Å². The summed E-state index contributed by atoms with van der Waals surface area (Å²) in [6.45, 7) is 2.09. The molecule has 0 saturated carbocycles. The van der Waals surface area contributed by atoms with E-state index in [0.29, 0.717) is 17.9 Å². The van der Waals surface area contributed by atoms with Crippen molar-refractivity contribution in [1.82, 2.24) is 0 Å². The van der Waals surface area contributed by atoms with Crippen LogP contribution in [0.5, 0.6) is 11.5 Å². The molecule has 0 aromatic heterocycles. The van der Waals surface area contributed by atoms with Crippen molar-refractivity contribution in [1.29, 1.82) is 0 Å². The summed E-state index contributed by atoms with van der Waals surface area (Å²) in [6, 6.07) is 13.8. The molecular formula is C18H22O3. The molecule has 0 aliphatic rings. The second-order valence-corrected chi connectivity index (χ2v) is 5.13. The Morgan fingerprint density at radius 3 is 2.19 bits per heavy atom. The molecule has 1 unspecified atom stereocenters. The summed E-state index contributed by atoms with van der Waals surface area (Å²) in [5.41, 5.74) is 3.35. The monoisotopic (exact) mass is 286 g/mol. The molecule has 3 nitrogen and oxygen atoms in total. The van der Waals surface area contributed by atoms with Crippen LogP contribution in [0, 0.1) is 6.92 Å². The number of hydrogen-bond acceptors (Lipinski definition) is 3. The first-order valence-corrected chi connectivity index (χ1v) is 7.09. The number of benzene rings is 2. The Morgan fingerprint density at radius 1 is 1.00 bits per heavy atom. The van der Waals surface area contributed by atoms with Crippen molar-refractivity contribution in [2.45, 2.75) is 25.9 Å². The van der Waals surface area contributed by atoms with E-state index >= 15 is 0 Å². The average molecular weight is 286 g/mol. The second-order valence-electron chi connectivity index (χ2n) is 5.13. The number of ether oxygens (including phenoxy) is 2. The molecule has 0 radical (unpaired) electrons. The van der Waals surface area contributed by atoms with Crippen LogP contribution in [0.1, 0.15) is 29.2 Å². The lowest BCUT2D eigenvalue weighted by Crippen LogP contribution is -2.02. The molecule has 1 atom stereocenters. The summed E-state index contributed by atoms with van der Waals surface area (Å²) in [6.07, 6.45) is 0.975. The first-order valence-electron chi connectivity index (χ1n) is 7.09. The highest BCUT2D eigenvalue weighted by Gasteiger charge is 2.11. The number of aliphatic hydroxyl groups excluding tert-OH is 1. The summed E-state index contributed by atoms with van der Waals surface area (Å²) < 4.78 is 10.5. The number of methoxy groups -OCH3 is 2. The number of rotatable bonds is 6. The lowest BCUT2D eigenvalue weighted by atomic mass is 9.98. The Labute approximate surface area is 126 Å². The van der Waals surface area contributed by atoms with Crippen LogP contribution in [-0.4, -0.2) is 19.3 Å². The zero-order valence-electron chi connectivity index (χ0n) is 12.8. The van der Waals surface area contributed by atoms with Gasteiger partial charge in [0, 0.05) is 6.07 Å². The quantitative estimate of drug-likeness (QED) is 0.880. The summed E-state index contributed by atoms with van der Waals surface area (Å²) in [4.78, 5) is 0. The third kappa shape index (κ3) is 3.99. The Bertz CT molecular complexity index is 571. The minimum Gasteiger partial charge on any atom is -0.497 e. The third-order valence-electron chi connectivity index (χ3n) is 3.71. The topological polar surface area (TPSA) is 38.7 Å². The zero-order valence-corrected chi connectivity index (χ0v) is 12.8. The zero-order chi connectivity index (χ0) is 15.2. The molecule has 2 aromatic carbocycles. The predicted molar refractivity (Wildman–Crippen MR) is 84.0 cm³/mol. The van der Waals surface area contributed by atoms with Gasteiger partial charge >= 0.3 is 0 Å². The molecule has 0 heterocycles. The molecule has 0 bridgehead atoms. The summed E-state index contributed by atoms with van der Waals surface area (Å²) >= 11 is 0. The van der Waals surface area contributed by atoms with Crippen molar-refractivity contribution in [2.75, 3.05) is 14.2 Å². The van der Waals surface area contributed by atoms with E-state index in [4.69, 9.17) is 9.47 Å². The van der Waals surface area contributed by atoms with Crippen molar-refractivity contribution in [3.8, 4) is 11.5 Å². The average Bonchev–Trinajstić information content (AvgIpc) is 2.53. The minimum atomic E-state index is -0.534. The maximum atomic E-state index is 10.4. The van der Waals surface area contributed by atoms with Crippen LogP contribution >= 0.6 is 0 Å². The van der Waals surface area contributed by atoms with E-state index in [1.807, 2.05) is 24.3 Å². The van der Waals surface area contributed by atoms with E-state index in [1.165, 1.54) is 11.1 Å². The molecule has 3 heteroatoms. The SMILES string of the molecule is COc1cc(OC)cc(C(O)CCc2ccccc2C)c1. The molecule has 2 rings (SSSR count). The minimum absolute atomic E-state index is 0.534. The molecule has 0 saturated heterocycles. The number of aliphatic hydroxyl groups is 1. The van der Waals surface area contributed by atoms with E-state index in [2.05, 4.69) is 19.1 Å². The molecule has 0 aliphatic carbocycles. The van der Waals surface area contributed by atoms with Gasteiger partial charge in [-0.05, 0) is 48.6 Å². The van der Waals surface area contributed by atoms with Gasteiger partial charge in [-0.1, -0.05) is 24.3 Å². The molecule has 21 heavy (non-hydrogen) atoms. The Balaban J connectivity index is 2.09. The highest BCUT2D eigenvalue weighted by Crippen LogP contribution is 2.28. The van der Waals surface area contributed by atoms with Crippen LogP contribution in [0.25, 0.3) is 0 Å². The van der Waals surface area contributed by atoms with Gasteiger partial charge in [0.15, 0.2) is 0 Å². The molecular weight excluding hydrogens is 264 g/mol. The van der Waals surface area contributed by atoms with Gasteiger partial charge in [-0.15, -0.1) is 0 Å². The van der Waals surface area contributed by atoms with Crippen molar-refractivity contribution < 1.29 is 14.6 Å². The predicted octanol–water partition coefficient (Wildman–Crippen LogP) is 3.68. The lowest BCUT2D eigenvalue weighted by molar-refractivity contribution is 0.167. The van der Waals surface area contributed by atoms with Crippen LogP contribution < -0.4 is 9.47 Å². The van der Waals surface area contributed by atoms with E-state index in [-0.39, 0.29) is 0 Å². The van der Waals surface area contributed by atoms with Gasteiger partial charge in [-0.3, -0.25) is 0 Å². The number of aryl methyl sites for hydroxylation is 2. The fourth-order valence-corrected chi connectivity index (χ4v) is 2.37. The van der Waals surface area contributed by atoms with Gasteiger partial charge in [0.2, 0.25) is 0 Å². The fourth-order valence-electron chi connectivity index (χ4n) is 2.37. The first-order chi connectivity index (χ1) is 10.1.